The van der Waals surface area contributed by atoms with Crippen molar-refractivity contribution in [3.05, 3.63) is 58.1 Å². The highest BCUT2D eigenvalue weighted by Gasteiger charge is 2.31. The van der Waals surface area contributed by atoms with Crippen molar-refractivity contribution in [2.24, 2.45) is 0 Å². The van der Waals surface area contributed by atoms with Crippen molar-refractivity contribution in [2.75, 3.05) is 5.32 Å². The number of amides is 1. The quantitative estimate of drug-likeness (QED) is 0.625. The third-order valence-electron chi connectivity index (χ3n) is 3.79. The van der Waals surface area contributed by atoms with Gasteiger partial charge in [-0.1, -0.05) is 0 Å². The lowest BCUT2D eigenvalue weighted by Crippen LogP contribution is -2.17. The lowest BCUT2D eigenvalue weighted by Gasteiger charge is -2.09. The number of alkyl halides is 3. The molecule has 2 heterocycles. The number of hydrogen-bond donors (Lipinski definition) is 1. The van der Waals surface area contributed by atoms with Crippen LogP contribution in [0.5, 0.6) is 5.75 Å². The Balaban J connectivity index is 1.65. The number of nitrogens with zero attached hydrogens (tertiary/aromatic N) is 4. The first kappa shape index (κ1) is 19.9. The zero-order chi connectivity index (χ0) is 20.5. The van der Waals surface area contributed by atoms with Crippen molar-refractivity contribution in [3.8, 4) is 5.75 Å². The summed E-state index contributed by atoms with van der Waals surface area (Å²) in [7, 11) is 0. The van der Waals surface area contributed by atoms with Crippen LogP contribution in [0.25, 0.3) is 0 Å². The molecule has 1 N–H and O–H groups in total. The summed E-state index contributed by atoms with van der Waals surface area (Å²) in [6, 6.07) is 6.38. The average Bonchev–Trinajstić information content (AvgIpc) is 3.17. The maximum atomic E-state index is 12.3. The molecule has 0 saturated carbocycles. The van der Waals surface area contributed by atoms with E-state index in [1.54, 1.807) is 15.6 Å². The van der Waals surface area contributed by atoms with Gasteiger partial charge in [0.2, 0.25) is 0 Å². The number of rotatable bonds is 5. The van der Waals surface area contributed by atoms with Crippen LogP contribution in [-0.4, -0.2) is 31.8 Å². The Morgan fingerprint density at radius 1 is 1.18 bits per heavy atom. The van der Waals surface area contributed by atoms with Crippen LogP contribution >= 0.6 is 15.9 Å². The van der Waals surface area contributed by atoms with Crippen LogP contribution in [0, 0.1) is 13.8 Å². The minimum Gasteiger partial charge on any atom is -0.406 e. The topological polar surface area (TPSA) is 74.0 Å². The highest BCUT2D eigenvalue weighted by molar-refractivity contribution is 9.10. The summed E-state index contributed by atoms with van der Waals surface area (Å²) >= 11 is 3.45. The molecule has 28 heavy (non-hydrogen) atoms. The fraction of sp³-hybridized carbons (Fsp3) is 0.235. The van der Waals surface area contributed by atoms with Gasteiger partial charge >= 0.3 is 6.36 Å². The molecule has 0 saturated heterocycles. The van der Waals surface area contributed by atoms with Gasteiger partial charge in [0.25, 0.3) is 5.91 Å². The summed E-state index contributed by atoms with van der Waals surface area (Å²) < 4.78 is 44.5. The third kappa shape index (κ3) is 4.71. The Morgan fingerprint density at radius 3 is 2.43 bits per heavy atom. The number of aryl methyl sites for hydroxylation is 1. The van der Waals surface area contributed by atoms with Crippen LogP contribution < -0.4 is 10.1 Å². The van der Waals surface area contributed by atoms with Crippen LogP contribution in [0.15, 0.2) is 41.0 Å². The molecule has 1 aromatic carbocycles. The minimum absolute atomic E-state index is 0.163. The molecular weight excluding hydrogens is 443 g/mol. The second kappa shape index (κ2) is 7.66. The van der Waals surface area contributed by atoms with Gasteiger partial charge in [-0.25, -0.2) is 4.68 Å². The van der Waals surface area contributed by atoms with E-state index in [1.165, 1.54) is 18.2 Å². The molecule has 0 unspecified atom stereocenters. The molecule has 0 aliphatic rings. The Bertz CT molecular complexity index is 995. The Kier molecular flexibility index (Phi) is 5.45. The summed E-state index contributed by atoms with van der Waals surface area (Å²) in [5, 5.41) is 11.1. The molecule has 0 bridgehead atoms. The van der Waals surface area contributed by atoms with Crippen LogP contribution in [0.4, 0.5) is 18.9 Å². The zero-order valence-corrected chi connectivity index (χ0v) is 16.4. The monoisotopic (exact) mass is 457 g/mol. The van der Waals surface area contributed by atoms with Gasteiger partial charge in [0, 0.05) is 11.9 Å². The predicted octanol–water partition coefficient (Wildman–Crippen LogP) is 4.12. The number of carbonyl (C=O) groups is 1. The van der Waals surface area contributed by atoms with Crippen LogP contribution in [0.2, 0.25) is 0 Å². The Labute approximate surface area is 166 Å². The van der Waals surface area contributed by atoms with E-state index >= 15 is 0 Å². The number of ether oxygens (including phenoxy) is 1. The van der Waals surface area contributed by atoms with E-state index in [-0.39, 0.29) is 11.4 Å². The van der Waals surface area contributed by atoms with E-state index in [9.17, 15) is 18.0 Å². The first-order valence-corrected chi connectivity index (χ1v) is 8.82. The Hall–Kier alpha value is -2.82. The van der Waals surface area contributed by atoms with E-state index in [1.807, 2.05) is 13.8 Å². The number of anilines is 1. The number of hydrogen-bond acceptors (Lipinski definition) is 4. The molecule has 0 radical (unpaired) electrons. The smallest absolute Gasteiger partial charge is 0.406 e. The van der Waals surface area contributed by atoms with E-state index in [0.29, 0.717) is 12.4 Å². The van der Waals surface area contributed by atoms with Gasteiger partial charge in [0.1, 0.15) is 12.4 Å². The second-order valence-electron chi connectivity index (χ2n) is 5.89. The molecule has 0 aliphatic heterocycles. The second-order valence-corrected chi connectivity index (χ2v) is 6.69. The molecule has 1 amide bonds. The average molecular weight is 458 g/mol. The number of carbonyl (C=O) groups excluding carboxylic acids is 1. The Morgan fingerprint density at radius 2 is 1.86 bits per heavy atom. The summed E-state index contributed by atoms with van der Waals surface area (Å²) in [4.78, 5) is 12.3. The minimum atomic E-state index is -4.77. The van der Waals surface area contributed by atoms with Gasteiger partial charge in [-0.15, -0.1) is 13.2 Å². The molecule has 0 atom stereocenters. The maximum Gasteiger partial charge on any atom is 0.573 e. The van der Waals surface area contributed by atoms with Crippen molar-refractivity contribution in [1.82, 2.24) is 19.6 Å². The molecular formula is C17H15BrF3N5O2. The zero-order valence-electron chi connectivity index (χ0n) is 14.8. The molecule has 2 aromatic heterocycles. The molecule has 0 aliphatic carbocycles. The van der Waals surface area contributed by atoms with Gasteiger partial charge in [-0.2, -0.15) is 10.2 Å². The first-order chi connectivity index (χ1) is 13.1. The van der Waals surface area contributed by atoms with Gasteiger partial charge in [0.05, 0.1) is 15.9 Å². The fourth-order valence-electron chi connectivity index (χ4n) is 2.45. The summed E-state index contributed by atoms with van der Waals surface area (Å²) in [6.07, 6.45) is -3.13. The summed E-state index contributed by atoms with van der Waals surface area (Å²) in [5.41, 5.74) is 2.26. The van der Waals surface area contributed by atoms with Gasteiger partial charge in [0.15, 0.2) is 5.69 Å². The van der Waals surface area contributed by atoms with Crippen molar-refractivity contribution in [1.29, 1.82) is 0 Å². The molecule has 11 heteroatoms. The highest BCUT2D eigenvalue weighted by atomic mass is 79.9. The van der Waals surface area contributed by atoms with Crippen LogP contribution in [0.1, 0.15) is 21.9 Å². The molecule has 3 aromatic rings. The molecule has 148 valence electrons. The van der Waals surface area contributed by atoms with Crippen molar-refractivity contribution >= 4 is 27.5 Å². The normalized spacial score (nSPS) is 11.5. The van der Waals surface area contributed by atoms with Crippen LogP contribution in [-0.2, 0) is 6.67 Å². The fourth-order valence-corrected chi connectivity index (χ4v) is 2.73. The van der Waals surface area contributed by atoms with E-state index in [0.717, 1.165) is 28.0 Å². The molecule has 0 fully saturated rings. The molecule has 3 rings (SSSR count). The van der Waals surface area contributed by atoms with Gasteiger partial charge in [-0.3, -0.25) is 9.48 Å². The lowest BCUT2D eigenvalue weighted by molar-refractivity contribution is -0.274. The third-order valence-corrected chi connectivity index (χ3v) is 4.94. The van der Waals surface area contributed by atoms with E-state index in [4.69, 9.17) is 0 Å². The standard InChI is InChI=1S/C17H15BrF3N5O2/c1-10-15(18)11(2)26(23-10)9-25-8-7-14(24-25)16(27)22-12-3-5-13(6-4-12)28-17(19,20)21/h3-8H,9H2,1-2H3,(H,22,27). The largest absolute Gasteiger partial charge is 0.573 e. The number of nitrogens with one attached hydrogen (secondary N) is 1. The first-order valence-electron chi connectivity index (χ1n) is 8.02. The predicted molar refractivity (Wildman–Crippen MR) is 98.1 cm³/mol. The van der Waals surface area contributed by atoms with Crippen LogP contribution in [0.3, 0.4) is 0 Å². The number of halogens is 4. The van der Waals surface area contributed by atoms with E-state index in [2.05, 4.69) is 36.2 Å². The summed E-state index contributed by atoms with van der Waals surface area (Å²) in [5.74, 6) is -0.858. The van der Waals surface area contributed by atoms with Crippen molar-refractivity contribution < 1.29 is 22.7 Å². The van der Waals surface area contributed by atoms with Crippen molar-refractivity contribution in [2.45, 2.75) is 26.9 Å². The van der Waals surface area contributed by atoms with Gasteiger partial charge in [-0.05, 0) is 60.1 Å². The SMILES string of the molecule is Cc1nn(Cn2ccc(C(=O)Nc3ccc(OC(F)(F)F)cc3)n2)c(C)c1Br. The number of benzene rings is 1. The molecule has 0 spiro atoms. The lowest BCUT2D eigenvalue weighted by atomic mass is 10.3. The van der Waals surface area contributed by atoms with E-state index < -0.39 is 12.3 Å². The maximum absolute atomic E-state index is 12.3. The molecule has 7 nitrogen and oxygen atoms in total. The van der Waals surface area contributed by atoms with Crippen molar-refractivity contribution in [3.63, 3.8) is 0 Å². The van der Waals surface area contributed by atoms with Gasteiger partial charge < -0.3 is 10.1 Å². The highest BCUT2D eigenvalue weighted by Crippen LogP contribution is 2.24. The number of aromatic nitrogens is 4. The summed E-state index contributed by atoms with van der Waals surface area (Å²) in [6.45, 7) is 4.11.